The number of rotatable bonds is 10. The Labute approximate surface area is 163 Å². The lowest BCUT2D eigenvalue weighted by atomic mass is 10.1. The topological polar surface area (TPSA) is 79.8 Å². The summed E-state index contributed by atoms with van der Waals surface area (Å²) in [5, 5.41) is 15.4. The molecular formula is C19H32ClN2O4-. The number of carbonyl (C=O) groups is 1. The lowest BCUT2D eigenvalue weighted by Gasteiger charge is -2.21. The molecule has 6 nitrogen and oxygen atoms in total. The van der Waals surface area contributed by atoms with Crippen molar-refractivity contribution in [2.45, 2.75) is 59.2 Å². The molecule has 26 heavy (non-hydrogen) atoms. The van der Waals surface area contributed by atoms with E-state index in [0.717, 1.165) is 12.0 Å². The SMILES string of the molecule is CCOc1cc(CNC(CC)CO)ccc1OCC(=O)NC(C)(C)C.[Cl-]. The van der Waals surface area contributed by atoms with Gasteiger partial charge in [-0.15, -0.1) is 0 Å². The largest absolute Gasteiger partial charge is 1.00 e. The third-order valence-corrected chi connectivity index (χ3v) is 3.49. The van der Waals surface area contributed by atoms with E-state index in [1.54, 1.807) is 0 Å². The van der Waals surface area contributed by atoms with Gasteiger partial charge in [-0.2, -0.15) is 0 Å². The molecule has 0 aliphatic heterocycles. The van der Waals surface area contributed by atoms with Gasteiger partial charge in [0.1, 0.15) is 0 Å². The van der Waals surface area contributed by atoms with Crippen LogP contribution in [0.3, 0.4) is 0 Å². The third kappa shape index (κ3) is 9.27. The number of aliphatic hydroxyl groups excluding tert-OH is 1. The molecule has 0 radical (unpaired) electrons. The molecule has 0 aliphatic carbocycles. The van der Waals surface area contributed by atoms with Gasteiger partial charge in [0.2, 0.25) is 0 Å². The highest BCUT2D eigenvalue weighted by Crippen LogP contribution is 2.28. The van der Waals surface area contributed by atoms with E-state index in [4.69, 9.17) is 9.47 Å². The number of hydrogen-bond donors (Lipinski definition) is 3. The van der Waals surface area contributed by atoms with Gasteiger partial charge in [0.05, 0.1) is 13.2 Å². The van der Waals surface area contributed by atoms with Gasteiger partial charge < -0.3 is 37.6 Å². The summed E-state index contributed by atoms with van der Waals surface area (Å²) >= 11 is 0. The molecule has 0 fully saturated rings. The molecule has 1 aromatic rings. The maximum absolute atomic E-state index is 11.9. The zero-order valence-electron chi connectivity index (χ0n) is 16.4. The average molecular weight is 388 g/mol. The van der Waals surface area contributed by atoms with Crippen molar-refractivity contribution >= 4 is 5.91 Å². The molecule has 150 valence electrons. The van der Waals surface area contributed by atoms with Crippen LogP contribution in [0.15, 0.2) is 18.2 Å². The normalized spacial score (nSPS) is 12.1. The first kappa shape index (κ1) is 24.5. The second kappa shape index (κ2) is 12.0. The van der Waals surface area contributed by atoms with Gasteiger partial charge in [0, 0.05) is 18.1 Å². The summed E-state index contributed by atoms with van der Waals surface area (Å²) in [6.45, 7) is 10.9. The number of aliphatic hydroxyl groups is 1. The van der Waals surface area contributed by atoms with Crippen LogP contribution in [0.1, 0.15) is 46.6 Å². The molecule has 1 atom stereocenters. The van der Waals surface area contributed by atoms with E-state index in [2.05, 4.69) is 10.6 Å². The lowest BCUT2D eigenvalue weighted by Crippen LogP contribution is -3.00. The Morgan fingerprint density at radius 2 is 1.88 bits per heavy atom. The van der Waals surface area contributed by atoms with Crippen LogP contribution < -0.4 is 32.5 Å². The van der Waals surface area contributed by atoms with Crippen molar-refractivity contribution in [2.24, 2.45) is 0 Å². The molecule has 3 N–H and O–H groups in total. The first-order valence-corrected chi connectivity index (χ1v) is 8.82. The van der Waals surface area contributed by atoms with Crippen LogP contribution in [-0.4, -0.2) is 42.4 Å². The van der Waals surface area contributed by atoms with E-state index >= 15 is 0 Å². The Balaban J connectivity index is 0.00000625. The van der Waals surface area contributed by atoms with Crippen LogP contribution in [0.2, 0.25) is 0 Å². The maximum Gasteiger partial charge on any atom is 0.258 e. The number of nitrogens with one attached hydrogen (secondary N) is 2. The standard InChI is InChI=1S/C19H32N2O4.ClH/c1-6-15(12-22)20-11-14-8-9-16(17(10-14)24-7-2)25-13-18(23)21-19(3,4)5;/h8-10,15,20,22H,6-7,11-13H2,1-5H3,(H,21,23);1H/p-1. The van der Waals surface area contributed by atoms with E-state index in [1.807, 2.05) is 52.8 Å². The fourth-order valence-corrected chi connectivity index (χ4v) is 2.25. The zero-order valence-corrected chi connectivity index (χ0v) is 17.2. The monoisotopic (exact) mass is 387 g/mol. The Bertz CT molecular complexity index is 543. The Hall–Kier alpha value is -1.50. The van der Waals surface area contributed by atoms with Gasteiger partial charge in [-0.05, 0) is 51.8 Å². The number of amides is 1. The molecule has 1 aromatic carbocycles. The van der Waals surface area contributed by atoms with Gasteiger partial charge in [-0.1, -0.05) is 13.0 Å². The quantitative estimate of drug-likeness (QED) is 0.492. The first-order valence-electron chi connectivity index (χ1n) is 8.82. The number of halogens is 1. The molecule has 1 amide bonds. The molecule has 1 rings (SSSR count). The van der Waals surface area contributed by atoms with E-state index in [-0.39, 0.29) is 43.1 Å². The summed E-state index contributed by atoms with van der Waals surface area (Å²) in [4.78, 5) is 11.9. The Kier molecular flexibility index (Phi) is 11.3. The highest BCUT2D eigenvalue weighted by atomic mass is 35.5. The van der Waals surface area contributed by atoms with Gasteiger partial charge in [-0.3, -0.25) is 4.79 Å². The lowest BCUT2D eigenvalue weighted by molar-refractivity contribution is -0.124. The van der Waals surface area contributed by atoms with Crippen molar-refractivity contribution in [3.63, 3.8) is 0 Å². The summed E-state index contributed by atoms with van der Waals surface area (Å²) in [7, 11) is 0. The second-order valence-corrected chi connectivity index (χ2v) is 6.97. The molecule has 0 heterocycles. The maximum atomic E-state index is 11.9. The predicted molar refractivity (Wildman–Crippen MR) is 99.0 cm³/mol. The molecule has 0 aromatic heterocycles. The fraction of sp³-hybridized carbons (Fsp3) is 0.632. The molecular weight excluding hydrogens is 356 g/mol. The minimum Gasteiger partial charge on any atom is -1.00 e. The zero-order chi connectivity index (χ0) is 18.9. The van der Waals surface area contributed by atoms with Crippen molar-refractivity contribution in [1.82, 2.24) is 10.6 Å². The minimum absolute atomic E-state index is 0. The van der Waals surface area contributed by atoms with Crippen LogP contribution >= 0.6 is 0 Å². The van der Waals surface area contributed by atoms with Gasteiger partial charge in [0.25, 0.3) is 5.91 Å². The number of hydrogen-bond acceptors (Lipinski definition) is 5. The van der Waals surface area contributed by atoms with Crippen LogP contribution in [0.5, 0.6) is 11.5 Å². The van der Waals surface area contributed by atoms with Gasteiger partial charge in [0.15, 0.2) is 18.1 Å². The van der Waals surface area contributed by atoms with Crippen molar-refractivity contribution in [2.75, 3.05) is 19.8 Å². The van der Waals surface area contributed by atoms with E-state index in [0.29, 0.717) is 24.7 Å². The summed E-state index contributed by atoms with van der Waals surface area (Å²) in [6, 6.07) is 5.72. The summed E-state index contributed by atoms with van der Waals surface area (Å²) in [5.74, 6) is 0.987. The van der Waals surface area contributed by atoms with Crippen LogP contribution in [0.4, 0.5) is 0 Å². The molecule has 0 saturated heterocycles. The minimum atomic E-state index is -0.290. The summed E-state index contributed by atoms with van der Waals surface area (Å²) in [5.41, 5.74) is 0.739. The molecule has 1 unspecified atom stereocenters. The number of ether oxygens (including phenoxy) is 2. The Morgan fingerprint density at radius 3 is 2.42 bits per heavy atom. The first-order chi connectivity index (χ1) is 11.8. The summed E-state index contributed by atoms with van der Waals surface area (Å²) in [6.07, 6.45) is 0.860. The smallest absolute Gasteiger partial charge is 0.258 e. The van der Waals surface area contributed by atoms with Gasteiger partial charge in [-0.25, -0.2) is 0 Å². The third-order valence-electron chi connectivity index (χ3n) is 3.49. The number of benzene rings is 1. The van der Waals surface area contributed by atoms with Crippen molar-refractivity contribution in [3.05, 3.63) is 23.8 Å². The van der Waals surface area contributed by atoms with E-state index < -0.39 is 0 Å². The highest BCUT2D eigenvalue weighted by molar-refractivity contribution is 5.78. The van der Waals surface area contributed by atoms with E-state index in [9.17, 15) is 9.90 Å². The fourth-order valence-electron chi connectivity index (χ4n) is 2.25. The molecule has 0 saturated carbocycles. The summed E-state index contributed by atoms with van der Waals surface area (Å²) < 4.78 is 11.3. The molecule has 0 bridgehead atoms. The average Bonchev–Trinajstić information content (AvgIpc) is 2.53. The van der Waals surface area contributed by atoms with Crippen LogP contribution in [-0.2, 0) is 11.3 Å². The number of carbonyl (C=O) groups excluding carboxylic acids is 1. The Morgan fingerprint density at radius 1 is 1.19 bits per heavy atom. The van der Waals surface area contributed by atoms with Crippen LogP contribution in [0.25, 0.3) is 0 Å². The van der Waals surface area contributed by atoms with Crippen molar-refractivity contribution < 1.29 is 31.8 Å². The highest BCUT2D eigenvalue weighted by Gasteiger charge is 2.15. The van der Waals surface area contributed by atoms with Crippen molar-refractivity contribution in [3.8, 4) is 11.5 Å². The second-order valence-electron chi connectivity index (χ2n) is 6.97. The molecule has 0 spiro atoms. The van der Waals surface area contributed by atoms with Crippen LogP contribution in [0, 0.1) is 0 Å². The molecule has 0 aliphatic rings. The van der Waals surface area contributed by atoms with Crippen molar-refractivity contribution in [1.29, 1.82) is 0 Å². The molecule has 7 heteroatoms. The van der Waals surface area contributed by atoms with Gasteiger partial charge >= 0.3 is 0 Å². The van der Waals surface area contributed by atoms with E-state index in [1.165, 1.54) is 0 Å². The predicted octanol–water partition coefficient (Wildman–Crippen LogP) is -0.757.